The SMILES string of the molecule is Cc1nn(C)c(CC(CCC(C)C)NN)c1Cl. The molecule has 0 saturated carbocycles. The summed E-state index contributed by atoms with van der Waals surface area (Å²) < 4.78 is 1.84. The predicted molar refractivity (Wildman–Crippen MR) is 71.8 cm³/mol. The van der Waals surface area contributed by atoms with E-state index in [4.69, 9.17) is 17.4 Å². The zero-order chi connectivity index (χ0) is 13.0. The fourth-order valence-electron chi connectivity index (χ4n) is 1.91. The number of nitrogens with two attached hydrogens (primary N) is 1. The van der Waals surface area contributed by atoms with Crippen molar-refractivity contribution >= 4 is 11.6 Å². The van der Waals surface area contributed by atoms with E-state index in [0.717, 1.165) is 35.7 Å². The molecule has 0 saturated heterocycles. The lowest BCUT2D eigenvalue weighted by atomic mass is 10.0. The third-order valence-corrected chi connectivity index (χ3v) is 3.52. The van der Waals surface area contributed by atoms with Crippen LogP contribution < -0.4 is 11.3 Å². The zero-order valence-electron chi connectivity index (χ0n) is 11.1. The third-order valence-electron chi connectivity index (χ3n) is 3.03. The number of rotatable bonds is 6. The molecule has 3 N–H and O–H groups in total. The molecule has 98 valence electrons. The summed E-state index contributed by atoms with van der Waals surface area (Å²) in [4.78, 5) is 0. The number of nitrogens with one attached hydrogen (secondary N) is 1. The van der Waals surface area contributed by atoms with Gasteiger partial charge in [-0.3, -0.25) is 16.0 Å². The molecule has 0 bridgehead atoms. The van der Waals surface area contributed by atoms with Crippen molar-refractivity contribution in [2.24, 2.45) is 18.8 Å². The Labute approximate surface area is 108 Å². The van der Waals surface area contributed by atoms with Gasteiger partial charge in [0.25, 0.3) is 0 Å². The number of aromatic nitrogens is 2. The maximum absolute atomic E-state index is 6.23. The summed E-state index contributed by atoms with van der Waals surface area (Å²) in [5.74, 6) is 6.28. The number of hydrogen-bond donors (Lipinski definition) is 2. The maximum Gasteiger partial charge on any atom is 0.0847 e. The average molecular weight is 259 g/mol. The minimum absolute atomic E-state index is 0.254. The van der Waals surface area contributed by atoms with Crippen LogP contribution in [0.25, 0.3) is 0 Å². The lowest BCUT2D eigenvalue weighted by Crippen LogP contribution is -2.37. The van der Waals surface area contributed by atoms with Crippen LogP contribution in [0.5, 0.6) is 0 Å². The van der Waals surface area contributed by atoms with E-state index >= 15 is 0 Å². The van der Waals surface area contributed by atoms with E-state index in [9.17, 15) is 0 Å². The fourth-order valence-corrected chi connectivity index (χ4v) is 2.15. The van der Waals surface area contributed by atoms with Crippen molar-refractivity contribution in [1.82, 2.24) is 15.2 Å². The Bertz CT molecular complexity index is 360. The van der Waals surface area contributed by atoms with Crippen LogP contribution >= 0.6 is 11.6 Å². The standard InChI is InChI=1S/C12H23ClN4/c1-8(2)5-6-10(15-14)7-11-12(13)9(3)16-17(11)4/h8,10,15H,5-7,14H2,1-4H3. The van der Waals surface area contributed by atoms with Crippen molar-refractivity contribution in [3.8, 4) is 0 Å². The minimum Gasteiger partial charge on any atom is -0.271 e. The van der Waals surface area contributed by atoms with Gasteiger partial charge in [-0.25, -0.2) is 0 Å². The molecule has 0 amide bonds. The van der Waals surface area contributed by atoms with Gasteiger partial charge in [-0.15, -0.1) is 0 Å². The number of hydrogen-bond acceptors (Lipinski definition) is 3. The van der Waals surface area contributed by atoms with Crippen molar-refractivity contribution in [3.05, 3.63) is 16.4 Å². The van der Waals surface area contributed by atoms with Crippen molar-refractivity contribution in [1.29, 1.82) is 0 Å². The Morgan fingerprint density at radius 3 is 2.47 bits per heavy atom. The Morgan fingerprint density at radius 1 is 1.41 bits per heavy atom. The minimum atomic E-state index is 0.254. The molecule has 1 unspecified atom stereocenters. The monoisotopic (exact) mass is 258 g/mol. The van der Waals surface area contributed by atoms with Crippen LogP contribution in [0.3, 0.4) is 0 Å². The van der Waals surface area contributed by atoms with Gasteiger partial charge in [-0.05, 0) is 25.7 Å². The summed E-state index contributed by atoms with van der Waals surface area (Å²) >= 11 is 6.23. The summed E-state index contributed by atoms with van der Waals surface area (Å²) in [6.07, 6.45) is 3.03. The van der Waals surface area contributed by atoms with Gasteiger partial charge >= 0.3 is 0 Å². The quantitative estimate of drug-likeness (QED) is 0.608. The van der Waals surface area contributed by atoms with Crippen LogP contribution in [0, 0.1) is 12.8 Å². The molecule has 1 aromatic heterocycles. The van der Waals surface area contributed by atoms with Gasteiger partial charge in [-0.1, -0.05) is 25.4 Å². The van der Waals surface area contributed by atoms with Gasteiger partial charge in [0.2, 0.25) is 0 Å². The highest BCUT2D eigenvalue weighted by molar-refractivity contribution is 6.31. The summed E-state index contributed by atoms with van der Waals surface area (Å²) in [5.41, 5.74) is 4.80. The van der Waals surface area contributed by atoms with E-state index in [-0.39, 0.29) is 6.04 Å². The number of halogens is 1. The van der Waals surface area contributed by atoms with Gasteiger partial charge in [0.05, 0.1) is 16.4 Å². The van der Waals surface area contributed by atoms with Crippen molar-refractivity contribution in [3.63, 3.8) is 0 Å². The highest BCUT2D eigenvalue weighted by Crippen LogP contribution is 2.21. The van der Waals surface area contributed by atoms with Crippen molar-refractivity contribution in [2.75, 3.05) is 0 Å². The fraction of sp³-hybridized carbons (Fsp3) is 0.750. The molecule has 17 heavy (non-hydrogen) atoms. The first kappa shape index (κ1) is 14.5. The average Bonchev–Trinajstić information content (AvgIpc) is 2.49. The normalized spacial score (nSPS) is 13.4. The molecular formula is C12H23ClN4. The molecule has 0 spiro atoms. The lowest BCUT2D eigenvalue weighted by molar-refractivity contribution is 0.427. The number of nitrogens with zero attached hydrogens (tertiary/aromatic N) is 2. The van der Waals surface area contributed by atoms with Gasteiger partial charge in [-0.2, -0.15) is 5.10 Å². The first-order chi connectivity index (χ1) is 7.95. The molecule has 0 fully saturated rings. The largest absolute Gasteiger partial charge is 0.271 e. The number of hydrazine groups is 1. The number of aryl methyl sites for hydroxylation is 2. The van der Waals surface area contributed by atoms with Gasteiger partial charge in [0.1, 0.15) is 0 Å². The van der Waals surface area contributed by atoms with E-state index in [1.165, 1.54) is 0 Å². The van der Waals surface area contributed by atoms with Gasteiger partial charge in [0, 0.05) is 19.5 Å². The van der Waals surface area contributed by atoms with E-state index in [2.05, 4.69) is 24.4 Å². The van der Waals surface area contributed by atoms with E-state index in [1.807, 2.05) is 18.7 Å². The van der Waals surface area contributed by atoms with E-state index in [0.29, 0.717) is 5.92 Å². The Hall–Kier alpha value is -0.580. The highest BCUT2D eigenvalue weighted by atomic mass is 35.5. The van der Waals surface area contributed by atoms with Gasteiger partial charge < -0.3 is 0 Å². The molecule has 5 heteroatoms. The smallest absolute Gasteiger partial charge is 0.0847 e. The molecule has 0 aliphatic heterocycles. The van der Waals surface area contributed by atoms with Crippen LogP contribution in [0.2, 0.25) is 5.02 Å². The van der Waals surface area contributed by atoms with Gasteiger partial charge in [0.15, 0.2) is 0 Å². The molecule has 0 aliphatic carbocycles. The molecule has 1 aromatic rings. The summed E-state index contributed by atoms with van der Waals surface area (Å²) in [6.45, 7) is 6.36. The zero-order valence-corrected chi connectivity index (χ0v) is 11.9. The predicted octanol–water partition coefficient (Wildman–Crippen LogP) is 2.19. The topological polar surface area (TPSA) is 55.9 Å². The Kier molecular flexibility index (Phi) is 5.43. The molecular weight excluding hydrogens is 236 g/mol. The van der Waals surface area contributed by atoms with Crippen LogP contribution in [0.15, 0.2) is 0 Å². The second kappa shape index (κ2) is 6.38. The molecule has 1 heterocycles. The van der Waals surface area contributed by atoms with Crippen LogP contribution in [-0.2, 0) is 13.5 Å². The third kappa shape index (κ3) is 3.98. The maximum atomic E-state index is 6.23. The van der Waals surface area contributed by atoms with Crippen LogP contribution in [-0.4, -0.2) is 15.8 Å². The summed E-state index contributed by atoms with van der Waals surface area (Å²) in [5, 5.41) is 5.07. The molecule has 0 radical (unpaired) electrons. The summed E-state index contributed by atoms with van der Waals surface area (Å²) in [6, 6.07) is 0.254. The molecule has 0 aromatic carbocycles. The second-order valence-electron chi connectivity index (χ2n) is 5.01. The first-order valence-electron chi connectivity index (χ1n) is 6.09. The summed E-state index contributed by atoms with van der Waals surface area (Å²) in [7, 11) is 1.92. The van der Waals surface area contributed by atoms with Crippen molar-refractivity contribution in [2.45, 2.75) is 46.1 Å². The van der Waals surface area contributed by atoms with Crippen LogP contribution in [0.1, 0.15) is 38.1 Å². The first-order valence-corrected chi connectivity index (χ1v) is 6.47. The molecule has 1 rings (SSSR count). The molecule has 0 aliphatic rings. The van der Waals surface area contributed by atoms with Crippen LogP contribution in [0.4, 0.5) is 0 Å². The molecule has 1 atom stereocenters. The van der Waals surface area contributed by atoms with E-state index in [1.54, 1.807) is 0 Å². The Morgan fingerprint density at radius 2 is 2.06 bits per heavy atom. The second-order valence-corrected chi connectivity index (χ2v) is 5.39. The molecule has 4 nitrogen and oxygen atoms in total. The lowest BCUT2D eigenvalue weighted by Gasteiger charge is -2.17. The van der Waals surface area contributed by atoms with E-state index < -0.39 is 0 Å². The Balaban J connectivity index is 2.67. The van der Waals surface area contributed by atoms with Crippen molar-refractivity contribution < 1.29 is 0 Å². The highest BCUT2D eigenvalue weighted by Gasteiger charge is 2.16.